The van der Waals surface area contributed by atoms with E-state index in [0.29, 0.717) is 16.8 Å². The Labute approximate surface area is 124 Å². The van der Waals surface area contributed by atoms with E-state index in [1.54, 1.807) is 24.4 Å². The number of rotatable bonds is 2. The van der Waals surface area contributed by atoms with Crippen molar-refractivity contribution >= 4 is 38.3 Å². The number of hydrogen-bond donors (Lipinski definition) is 1. The lowest BCUT2D eigenvalue weighted by Crippen LogP contribution is -2.03. The summed E-state index contributed by atoms with van der Waals surface area (Å²) >= 11 is 3.35. The zero-order valence-corrected chi connectivity index (χ0v) is 12.1. The van der Waals surface area contributed by atoms with Gasteiger partial charge in [-0.05, 0) is 30.3 Å². The molecule has 0 saturated heterocycles. The Kier molecular flexibility index (Phi) is 3.24. The SMILES string of the molecule is Nc1cc(Br)cc(C(=O)c2cnc3ccccc3c2)c1. The van der Waals surface area contributed by atoms with Crippen LogP contribution in [0.1, 0.15) is 15.9 Å². The fraction of sp³-hybridized carbons (Fsp3) is 0. The third-order valence-corrected chi connectivity index (χ3v) is 3.49. The van der Waals surface area contributed by atoms with Crippen molar-refractivity contribution in [1.82, 2.24) is 4.98 Å². The smallest absolute Gasteiger partial charge is 0.194 e. The molecule has 0 atom stereocenters. The maximum Gasteiger partial charge on any atom is 0.194 e. The number of aromatic nitrogens is 1. The first-order valence-corrected chi connectivity index (χ1v) is 6.88. The fourth-order valence-electron chi connectivity index (χ4n) is 2.11. The van der Waals surface area contributed by atoms with Gasteiger partial charge in [0, 0.05) is 32.9 Å². The molecule has 3 nitrogen and oxygen atoms in total. The minimum atomic E-state index is -0.0868. The van der Waals surface area contributed by atoms with Gasteiger partial charge in [0.15, 0.2) is 5.78 Å². The van der Waals surface area contributed by atoms with Gasteiger partial charge in [-0.15, -0.1) is 0 Å². The summed E-state index contributed by atoms with van der Waals surface area (Å²) in [7, 11) is 0. The Balaban J connectivity index is 2.07. The zero-order chi connectivity index (χ0) is 14.1. The van der Waals surface area contributed by atoms with Gasteiger partial charge in [0.2, 0.25) is 0 Å². The Bertz CT molecular complexity index is 794. The number of carbonyl (C=O) groups is 1. The van der Waals surface area contributed by atoms with Crippen LogP contribution in [0.25, 0.3) is 10.9 Å². The number of pyridine rings is 1. The molecule has 1 aromatic heterocycles. The quantitative estimate of drug-likeness (QED) is 0.575. The summed E-state index contributed by atoms with van der Waals surface area (Å²) in [6, 6.07) is 14.7. The van der Waals surface area contributed by atoms with E-state index in [9.17, 15) is 4.79 Å². The minimum absolute atomic E-state index is 0.0868. The Morgan fingerprint density at radius 1 is 1.05 bits per heavy atom. The van der Waals surface area contributed by atoms with Gasteiger partial charge < -0.3 is 5.73 Å². The van der Waals surface area contributed by atoms with E-state index in [1.807, 2.05) is 30.3 Å². The molecule has 3 rings (SSSR count). The van der Waals surface area contributed by atoms with Crippen molar-refractivity contribution < 1.29 is 4.79 Å². The Hall–Kier alpha value is -2.20. The van der Waals surface area contributed by atoms with Crippen LogP contribution in [0, 0.1) is 0 Å². The number of nitrogens with two attached hydrogens (primary N) is 1. The third-order valence-electron chi connectivity index (χ3n) is 3.03. The summed E-state index contributed by atoms with van der Waals surface area (Å²) in [5, 5.41) is 0.946. The number of anilines is 1. The van der Waals surface area contributed by atoms with Crippen LogP contribution in [0.3, 0.4) is 0 Å². The molecule has 0 aliphatic heterocycles. The predicted octanol–water partition coefficient (Wildman–Crippen LogP) is 3.81. The summed E-state index contributed by atoms with van der Waals surface area (Å²) in [6.07, 6.45) is 1.60. The number of nitrogen functional groups attached to an aromatic ring is 1. The average Bonchev–Trinajstić information content (AvgIpc) is 2.45. The molecule has 3 aromatic rings. The molecule has 0 radical (unpaired) electrons. The van der Waals surface area contributed by atoms with Gasteiger partial charge in [-0.3, -0.25) is 9.78 Å². The number of benzene rings is 2. The lowest BCUT2D eigenvalue weighted by Gasteiger charge is -2.05. The topological polar surface area (TPSA) is 56.0 Å². The number of para-hydroxylation sites is 1. The van der Waals surface area contributed by atoms with E-state index in [4.69, 9.17) is 5.73 Å². The largest absolute Gasteiger partial charge is 0.399 e. The van der Waals surface area contributed by atoms with Crippen molar-refractivity contribution in [3.63, 3.8) is 0 Å². The van der Waals surface area contributed by atoms with Crippen molar-refractivity contribution in [2.75, 3.05) is 5.73 Å². The number of nitrogens with zero attached hydrogens (tertiary/aromatic N) is 1. The van der Waals surface area contributed by atoms with Gasteiger partial charge in [-0.25, -0.2) is 0 Å². The monoisotopic (exact) mass is 326 g/mol. The average molecular weight is 327 g/mol. The Morgan fingerprint density at radius 2 is 1.85 bits per heavy atom. The first-order chi connectivity index (χ1) is 9.63. The summed E-state index contributed by atoms with van der Waals surface area (Å²) < 4.78 is 0.787. The molecule has 0 aliphatic carbocycles. The molecule has 0 bridgehead atoms. The second-order valence-corrected chi connectivity index (χ2v) is 5.43. The minimum Gasteiger partial charge on any atom is -0.399 e. The molecule has 98 valence electrons. The zero-order valence-electron chi connectivity index (χ0n) is 10.5. The second kappa shape index (κ2) is 5.06. The fourth-order valence-corrected chi connectivity index (χ4v) is 2.62. The van der Waals surface area contributed by atoms with Crippen molar-refractivity contribution in [1.29, 1.82) is 0 Å². The lowest BCUT2D eigenvalue weighted by molar-refractivity contribution is 0.103. The van der Waals surface area contributed by atoms with E-state index < -0.39 is 0 Å². The van der Waals surface area contributed by atoms with Gasteiger partial charge >= 0.3 is 0 Å². The van der Waals surface area contributed by atoms with Crippen molar-refractivity contribution in [2.24, 2.45) is 0 Å². The maximum atomic E-state index is 12.5. The molecule has 0 aliphatic rings. The van der Waals surface area contributed by atoms with Crippen LogP contribution in [0.2, 0.25) is 0 Å². The first-order valence-electron chi connectivity index (χ1n) is 6.09. The summed E-state index contributed by atoms with van der Waals surface area (Å²) in [4.78, 5) is 16.8. The number of halogens is 1. The van der Waals surface area contributed by atoms with E-state index in [0.717, 1.165) is 15.4 Å². The van der Waals surface area contributed by atoms with Crippen LogP contribution in [-0.4, -0.2) is 10.8 Å². The highest BCUT2D eigenvalue weighted by molar-refractivity contribution is 9.10. The summed E-state index contributed by atoms with van der Waals surface area (Å²) in [6.45, 7) is 0. The van der Waals surface area contributed by atoms with E-state index in [-0.39, 0.29) is 5.78 Å². The summed E-state index contributed by atoms with van der Waals surface area (Å²) in [5.41, 5.74) is 8.30. The van der Waals surface area contributed by atoms with E-state index >= 15 is 0 Å². The molecule has 0 unspecified atom stereocenters. The molecule has 2 N–H and O–H groups in total. The first kappa shape index (κ1) is 12.8. The summed E-state index contributed by atoms with van der Waals surface area (Å²) in [5.74, 6) is -0.0868. The van der Waals surface area contributed by atoms with Gasteiger partial charge in [0.1, 0.15) is 0 Å². The van der Waals surface area contributed by atoms with Crippen molar-refractivity contribution in [3.05, 3.63) is 70.3 Å². The molecule has 0 saturated carbocycles. The van der Waals surface area contributed by atoms with Crippen LogP contribution < -0.4 is 5.73 Å². The van der Waals surface area contributed by atoms with Gasteiger partial charge in [0.25, 0.3) is 0 Å². The Morgan fingerprint density at radius 3 is 2.65 bits per heavy atom. The molecular weight excluding hydrogens is 316 g/mol. The highest BCUT2D eigenvalue weighted by atomic mass is 79.9. The molecule has 0 spiro atoms. The molecule has 4 heteroatoms. The van der Waals surface area contributed by atoms with Crippen molar-refractivity contribution in [3.8, 4) is 0 Å². The highest BCUT2D eigenvalue weighted by Crippen LogP contribution is 2.21. The third kappa shape index (κ3) is 2.42. The molecule has 1 heterocycles. The van der Waals surface area contributed by atoms with Gasteiger partial charge in [-0.1, -0.05) is 34.1 Å². The van der Waals surface area contributed by atoms with E-state index in [2.05, 4.69) is 20.9 Å². The number of fused-ring (bicyclic) bond motifs is 1. The number of carbonyl (C=O) groups excluding carboxylic acids is 1. The predicted molar refractivity (Wildman–Crippen MR) is 83.7 cm³/mol. The van der Waals surface area contributed by atoms with Crippen LogP contribution >= 0.6 is 15.9 Å². The van der Waals surface area contributed by atoms with Crippen LogP contribution in [-0.2, 0) is 0 Å². The normalized spacial score (nSPS) is 10.7. The maximum absolute atomic E-state index is 12.5. The standard InChI is InChI=1S/C16H11BrN2O/c17-13-6-11(7-14(18)8-13)16(20)12-5-10-3-1-2-4-15(10)19-9-12/h1-9H,18H2. The number of ketones is 1. The molecular formula is C16H11BrN2O. The van der Waals surface area contributed by atoms with Crippen LogP contribution in [0.5, 0.6) is 0 Å². The molecule has 20 heavy (non-hydrogen) atoms. The van der Waals surface area contributed by atoms with Crippen LogP contribution in [0.4, 0.5) is 5.69 Å². The van der Waals surface area contributed by atoms with Gasteiger partial charge in [-0.2, -0.15) is 0 Å². The molecule has 2 aromatic carbocycles. The number of hydrogen-bond acceptors (Lipinski definition) is 3. The molecule has 0 amide bonds. The van der Waals surface area contributed by atoms with Gasteiger partial charge in [0.05, 0.1) is 5.52 Å². The molecule has 0 fully saturated rings. The lowest BCUT2D eigenvalue weighted by atomic mass is 10.0. The second-order valence-electron chi connectivity index (χ2n) is 4.52. The van der Waals surface area contributed by atoms with E-state index in [1.165, 1.54) is 0 Å². The van der Waals surface area contributed by atoms with Crippen LogP contribution in [0.15, 0.2) is 59.2 Å². The van der Waals surface area contributed by atoms with Crippen molar-refractivity contribution in [2.45, 2.75) is 0 Å². The highest BCUT2D eigenvalue weighted by Gasteiger charge is 2.11.